The van der Waals surface area contributed by atoms with E-state index >= 15 is 0 Å². The maximum Gasteiger partial charge on any atom is 0.435 e. The molecule has 1 unspecified atom stereocenters. The standard InChI is InChI=1S/C29H21F3N2O/c30-29(31,32)27-15-16-34(33-27)22-11-7-20(8-12-22)28(35)21-6-5-19-10-13-24-23-4-2-1-3-18(23)9-14-25(24)26(19)17-21/h1-4,7-8,10-17,21H,5-6,9H2. The van der Waals surface area contributed by atoms with E-state index in [9.17, 15) is 18.0 Å². The van der Waals surface area contributed by atoms with Crippen LogP contribution in [0, 0.1) is 5.92 Å². The summed E-state index contributed by atoms with van der Waals surface area (Å²) in [5, 5.41) is 5.94. The van der Waals surface area contributed by atoms with Crippen LogP contribution in [-0.2, 0) is 19.0 Å². The lowest BCUT2D eigenvalue weighted by atomic mass is 9.82. The molecule has 3 nitrogen and oxygen atoms in total. The third-order valence-electron chi connectivity index (χ3n) is 6.94. The molecule has 2 aliphatic carbocycles. The van der Waals surface area contributed by atoms with E-state index in [0.29, 0.717) is 11.3 Å². The van der Waals surface area contributed by atoms with Gasteiger partial charge in [-0.3, -0.25) is 4.79 Å². The van der Waals surface area contributed by atoms with E-state index in [1.807, 2.05) is 0 Å². The van der Waals surface area contributed by atoms with Crippen molar-refractivity contribution >= 4 is 17.9 Å². The second-order valence-electron chi connectivity index (χ2n) is 9.03. The smallest absolute Gasteiger partial charge is 0.294 e. The van der Waals surface area contributed by atoms with Gasteiger partial charge in [-0.2, -0.15) is 18.3 Å². The van der Waals surface area contributed by atoms with E-state index in [-0.39, 0.29) is 11.7 Å². The van der Waals surface area contributed by atoms with Crippen molar-refractivity contribution in [2.24, 2.45) is 5.92 Å². The Morgan fingerprint density at radius 1 is 0.886 bits per heavy atom. The summed E-state index contributed by atoms with van der Waals surface area (Å²) in [7, 11) is 0. The Kier molecular flexibility index (Phi) is 4.99. The maximum atomic E-state index is 13.3. The first-order chi connectivity index (χ1) is 16.9. The van der Waals surface area contributed by atoms with E-state index in [1.54, 1.807) is 24.3 Å². The fourth-order valence-corrected chi connectivity index (χ4v) is 5.14. The van der Waals surface area contributed by atoms with Crippen LogP contribution < -0.4 is 10.4 Å². The van der Waals surface area contributed by atoms with Crippen molar-refractivity contribution in [3.05, 3.63) is 106 Å². The zero-order valence-corrected chi connectivity index (χ0v) is 18.7. The Morgan fingerprint density at radius 2 is 1.69 bits per heavy atom. The van der Waals surface area contributed by atoms with Crippen LogP contribution in [-0.4, -0.2) is 15.6 Å². The highest BCUT2D eigenvalue weighted by atomic mass is 19.4. The number of fused-ring (bicyclic) bond motifs is 5. The van der Waals surface area contributed by atoms with Crippen LogP contribution in [0.2, 0.25) is 0 Å². The van der Waals surface area contributed by atoms with Gasteiger partial charge in [0.1, 0.15) is 0 Å². The molecule has 0 fully saturated rings. The van der Waals surface area contributed by atoms with Crippen LogP contribution in [0.4, 0.5) is 13.2 Å². The number of hydrogen-bond donors (Lipinski definition) is 0. The highest BCUT2D eigenvalue weighted by Gasteiger charge is 2.33. The number of Topliss-reactive ketones (excluding diaryl/α,β-unsaturated/α-hetero) is 1. The summed E-state index contributed by atoms with van der Waals surface area (Å²) in [4.78, 5) is 13.3. The number of ketones is 1. The number of carbonyl (C=O) groups is 1. The molecule has 0 N–H and O–H groups in total. The minimum absolute atomic E-state index is 0.0208. The van der Waals surface area contributed by atoms with Gasteiger partial charge in [0.05, 0.1) is 5.69 Å². The Labute approximate surface area is 199 Å². The molecule has 0 radical (unpaired) electrons. The first-order valence-corrected chi connectivity index (χ1v) is 11.6. The molecule has 4 aromatic rings. The van der Waals surface area contributed by atoms with E-state index in [4.69, 9.17) is 0 Å². The van der Waals surface area contributed by atoms with E-state index in [0.717, 1.165) is 30.5 Å². The number of benzene rings is 3. The number of alkyl halides is 3. The second kappa shape index (κ2) is 8.08. The lowest BCUT2D eigenvalue weighted by molar-refractivity contribution is -0.141. The van der Waals surface area contributed by atoms with E-state index in [2.05, 4.69) is 53.6 Å². The van der Waals surface area contributed by atoms with Gasteiger partial charge in [0.25, 0.3) is 0 Å². The lowest BCUT2D eigenvalue weighted by Gasteiger charge is -2.21. The van der Waals surface area contributed by atoms with Crippen LogP contribution in [0.15, 0.2) is 72.9 Å². The largest absolute Gasteiger partial charge is 0.435 e. The number of hydrogen-bond acceptors (Lipinski definition) is 2. The highest BCUT2D eigenvalue weighted by Crippen LogP contribution is 2.29. The summed E-state index contributed by atoms with van der Waals surface area (Å²) >= 11 is 0. The van der Waals surface area contributed by atoms with Crippen molar-refractivity contribution in [2.45, 2.75) is 25.4 Å². The summed E-state index contributed by atoms with van der Waals surface area (Å²) < 4.78 is 39.7. The fourth-order valence-electron chi connectivity index (χ4n) is 5.14. The summed E-state index contributed by atoms with van der Waals surface area (Å²) in [6.45, 7) is 0. The SMILES string of the molecule is O=C(c1ccc(-n2ccc(C(F)(F)F)n2)cc1)C1C=c2c(ccc3c2=CCc2ccccc2-3)CC1. The minimum Gasteiger partial charge on any atom is -0.294 e. The van der Waals surface area contributed by atoms with Crippen molar-refractivity contribution in [2.75, 3.05) is 0 Å². The maximum absolute atomic E-state index is 13.3. The third-order valence-corrected chi connectivity index (χ3v) is 6.94. The lowest BCUT2D eigenvalue weighted by Crippen LogP contribution is -2.37. The number of carbonyl (C=O) groups excluding carboxylic acids is 1. The van der Waals surface area contributed by atoms with Crippen LogP contribution >= 0.6 is 0 Å². The van der Waals surface area contributed by atoms with Crippen LogP contribution in [0.25, 0.3) is 29.0 Å². The topological polar surface area (TPSA) is 34.9 Å². The molecule has 35 heavy (non-hydrogen) atoms. The highest BCUT2D eigenvalue weighted by molar-refractivity contribution is 6.01. The van der Waals surface area contributed by atoms with E-state index < -0.39 is 11.9 Å². The Hall–Kier alpha value is -3.93. The zero-order valence-electron chi connectivity index (χ0n) is 18.7. The molecule has 3 aromatic carbocycles. The van der Waals surface area contributed by atoms with Gasteiger partial charge in [-0.25, -0.2) is 4.68 Å². The molecule has 0 bridgehead atoms. The summed E-state index contributed by atoms with van der Waals surface area (Å²) in [6.07, 6.45) is 3.57. The molecule has 0 aliphatic heterocycles. The monoisotopic (exact) mass is 470 g/mol. The minimum atomic E-state index is -4.49. The van der Waals surface area contributed by atoms with Gasteiger partial charge >= 0.3 is 6.18 Å². The number of nitrogens with zero attached hydrogens (tertiary/aromatic N) is 2. The zero-order chi connectivity index (χ0) is 24.2. The predicted octanol–water partition coefficient (Wildman–Crippen LogP) is 5.12. The van der Waals surface area contributed by atoms with Gasteiger partial charge < -0.3 is 0 Å². The molecule has 6 rings (SSSR count). The number of halogens is 3. The molecular formula is C29H21F3N2O. The third kappa shape index (κ3) is 3.79. The average molecular weight is 470 g/mol. The molecule has 1 atom stereocenters. The average Bonchev–Trinajstić information content (AvgIpc) is 3.39. The Balaban J connectivity index is 1.31. The molecule has 1 aromatic heterocycles. The molecule has 0 amide bonds. The number of aromatic nitrogens is 2. The molecular weight excluding hydrogens is 449 g/mol. The Bertz CT molecular complexity index is 1580. The number of rotatable bonds is 3. The fraction of sp³-hybridized carbons (Fsp3) is 0.172. The molecule has 0 saturated heterocycles. The molecule has 6 heteroatoms. The van der Waals surface area contributed by atoms with Gasteiger partial charge in [-0.1, -0.05) is 48.6 Å². The van der Waals surface area contributed by atoms with Gasteiger partial charge in [-0.05, 0) is 82.3 Å². The second-order valence-corrected chi connectivity index (χ2v) is 9.03. The van der Waals surface area contributed by atoms with Crippen molar-refractivity contribution in [3.8, 4) is 16.8 Å². The normalized spacial score (nSPS) is 16.4. The van der Waals surface area contributed by atoms with Gasteiger partial charge in [0.2, 0.25) is 0 Å². The molecule has 2 aliphatic rings. The van der Waals surface area contributed by atoms with Crippen LogP contribution in [0.5, 0.6) is 0 Å². The van der Waals surface area contributed by atoms with Crippen molar-refractivity contribution < 1.29 is 18.0 Å². The van der Waals surface area contributed by atoms with Crippen molar-refractivity contribution in [3.63, 3.8) is 0 Å². The predicted molar refractivity (Wildman–Crippen MR) is 128 cm³/mol. The molecule has 0 saturated carbocycles. The summed E-state index contributed by atoms with van der Waals surface area (Å²) in [6, 6.07) is 20.3. The summed E-state index contributed by atoms with van der Waals surface area (Å²) in [5.74, 6) is -0.223. The molecule has 1 heterocycles. The molecule has 0 spiro atoms. The number of aryl methyl sites for hydroxylation is 1. The summed E-state index contributed by atoms with van der Waals surface area (Å²) in [5.41, 5.74) is 5.09. The van der Waals surface area contributed by atoms with Crippen molar-refractivity contribution in [1.82, 2.24) is 9.78 Å². The first-order valence-electron chi connectivity index (χ1n) is 11.6. The van der Waals surface area contributed by atoms with Gasteiger partial charge in [0.15, 0.2) is 11.5 Å². The quantitative estimate of drug-likeness (QED) is 0.390. The molecule has 174 valence electrons. The Morgan fingerprint density at radius 3 is 2.46 bits per heavy atom. The van der Waals surface area contributed by atoms with E-state index in [1.165, 1.54) is 38.4 Å². The first kappa shape index (κ1) is 21.6. The van der Waals surface area contributed by atoms with Gasteiger partial charge in [-0.15, -0.1) is 0 Å². The van der Waals surface area contributed by atoms with Crippen molar-refractivity contribution in [1.29, 1.82) is 0 Å². The van der Waals surface area contributed by atoms with Gasteiger partial charge in [0, 0.05) is 17.7 Å². The van der Waals surface area contributed by atoms with Crippen LogP contribution in [0.1, 0.15) is 33.6 Å². The van der Waals surface area contributed by atoms with Crippen LogP contribution in [0.3, 0.4) is 0 Å².